The number of aliphatic carboxylic acids is 1. The molecule has 5 nitrogen and oxygen atoms in total. The maximum Gasteiger partial charge on any atom is 0.323 e. The predicted molar refractivity (Wildman–Crippen MR) is 68.9 cm³/mol. The molecule has 1 atom stereocenters. The van der Waals surface area contributed by atoms with Crippen molar-refractivity contribution in [3.63, 3.8) is 0 Å². The highest BCUT2D eigenvalue weighted by molar-refractivity contribution is 5.73. The number of hydrogen-bond acceptors (Lipinski definition) is 4. The van der Waals surface area contributed by atoms with Crippen molar-refractivity contribution in [2.24, 2.45) is 0 Å². The van der Waals surface area contributed by atoms with Crippen LogP contribution in [-0.4, -0.2) is 41.9 Å². The highest BCUT2D eigenvalue weighted by Crippen LogP contribution is 2.22. The van der Waals surface area contributed by atoms with Gasteiger partial charge in [0.2, 0.25) is 0 Å². The Morgan fingerprint density at radius 2 is 2.33 bits per heavy atom. The van der Waals surface area contributed by atoms with Gasteiger partial charge in [-0.15, -0.1) is 0 Å². The van der Waals surface area contributed by atoms with E-state index in [2.05, 4.69) is 22.8 Å². The molecule has 5 heteroatoms. The van der Waals surface area contributed by atoms with Crippen LogP contribution >= 0.6 is 0 Å². The fourth-order valence-electron chi connectivity index (χ4n) is 2.13. The number of fused-ring (bicyclic) bond motifs is 1. The van der Waals surface area contributed by atoms with E-state index in [9.17, 15) is 4.79 Å². The molecule has 1 aliphatic rings. The number of benzene rings is 1. The van der Waals surface area contributed by atoms with Crippen molar-refractivity contribution in [2.45, 2.75) is 18.9 Å². The van der Waals surface area contributed by atoms with Crippen molar-refractivity contribution in [3.05, 3.63) is 29.3 Å². The van der Waals surface area contributed by atoms with E-state index in [0.29, 0.717) is 6.54 Å². The van der Waals surface area contributed by atoms with E-state index in [1.165, 1.54) is 16.8 Å². The lowest BCUT2D eigenvalue weighted by Crippen LogP contribution is -2.40. The first-order valence-electron chi connectivity index (χ1n) is 6.13. The number of aliphatic hydroxyl groups is 1. The minimum absolute atomic E-state index is 0.385. The van der Waals surface area contributed by atoms with Crippen molar-refractivity contribution < 1.29 is 15.0 Å². The number of carbonyl (C=O) groups is 1. The summed E-state index contributed by atoms with van der Waals surface area (Å²) >= 11 is 0. The Bertz CT molecular complexity index is 434. The molecule has 0 aliphatic carbocycles. The Morgan fingerprint density at radius 1 is 1.50 bits per heavy atom. The largest absolute Gasteiger partial charge is 0.480 e. The molecule has 0 fully saturated rings. The van der Waals surface area contributed by atoms with Crippen molar-refractivity contribution in [2.75, 3.05) is 25.0 Å². The number of rotatable bonds is 6. The zero-order valence-corrected chi connectivity index (χ0v) is 10.1. The molecule has 1 aliphatic heterocycles. The van der Waals surface area contributed by atoms with Gasteiger partial charge >= 0.3 is 5.97 Å². The van der Waals surface area contributed by atoms with Crippen LogP contribution in [0.2, 0.25) is 0 Å². The Hall–Kier alpha value is -1.59. The second-order valence-electron chi connectivity index (χ2n) is 4.45. The number of anilines is 1. The second-order valence-corrected chi connectivity index (χ2v) is 4.45. The van der Waals surface area contributed by atoms with Gasteiger partial charge in [0.25, 0.3) is 0 Å². The normalized spacial score (nSPS) is 14.9. The van der Waals surface area contributed by atoms with Crippen molar-refractivity contribution in [1.29, 1.82) is 0 Å². The summed E-state index contributed by atoms with van der Waals surface area (Å²) in [6, 6.07) is 5.40. The van der Waals surface area contributed by atoms with Crippen LogP contribution in [0.25, 0.3) is 0 Å². The lowest BCUT2D eigenvalue weighted by molar-refractivity contribution is -0.140. The molecule has 2 rings (SSSR count). The van der Waals surface area contributed by atoms with Crippen molar-refractivity contribution in [3.8, 4) is 0 Å². The van der Waals surface area contributed by atoms with Gasteiger partial charge in [-0.25, -0.2) is 0 Å². The van der Waals surface area contributed by atoms with Crippen LogP contribution in [0.1, 0.15) is 11.1 Å². The zero-order valence-electron chi connectivity index (χ0n) is 10.1. The smallest absolute Gasteiger partial charge is 0.323 e. The maximum absolute atomic E-state index is 10.7. The minimum atomic E-state index is -1.02. The number of carboxylic acids is 1. The van der Waals surface area contributed by atoms with Gasteiger partial charge in [-0.05, 0) is 30.0 Å². The van der Waals surface area contributed by atoms with E-state index in [-0.39, 0.29) is 6.61 Å². The van der Waals surface area contributed by atoms with E-state index in [4.69, 9.17) is 10.2 Å². The van der Waals surface area contributed by atoms with Crippen molar-refractivity contribution >= 4 is 11.7 Å². The van der Waals surface area contributed by atoms with E-state index >= 15 is 0 Å². The topological polar surface area (TPSA) is 81.6 Å². The minimum Gasteiger partial charge on any atom is -0.480 e. The Kier molecular flexibility index (Phi) is 4.17. The van der Waals surface area contributed by atoms with Crippen LogP contribution in [0.3, 0.4) is 0 Å². The van der Waals surface area contributed by atoms with Gasteiger partial charge in [0.15, 0.2) is 0 Å². The van der Waals surface area contributed by atoms with E-state index < -0.39 is 12.0 Å². The molecule has 0 radical (unpaired) electrons. The van der Waals surface area contributed by atoms with E-state index in [1.807, 2.05) is 6.07 Å². The lowest BCUT2D eigenvalue weighted by atomic mass is 10.1. The molecule has 1 heterocycles. The fraction of sp³-hybridized carbons (Fsp3) is 0.462. The average molecular weight is 250 g/mol. The van der Waals surface area contributed by atoms with Crippen LogP contribution in [0, 0.1) is 0 Å². The molecule has 18 heavy (non-hydrogen) atoms. The molecule has 0 amide bonds. The Labute approximate surface area is 106 Å². The summed E-state index contributed by atoms with van der Waals surface area (Å²) in [6.07, 6.45) is 1.81. The molecular weight excluding hydrogens is 232 g/mol. The van der Waals surface area contributed by atoms with Crippen LogP contribution in [0.15, 0.2) is 18.2 Å². The molecule has 0 bridgehead atoms. The molecular formula is C13H18N2O3. The van der Waals surface area contributed by atoms with E-state index in [1.54, 1.807) is 0 Å². The quantitative estimate of drug-likeness (QED) is 0.581. The number of hydrogen-bond donors (Lipinski definition) is 4. The lowest BCUT2D eigenvalue weighted by Gasteiger charge is -2.11. The van der Waals surface area contributed by atoms with Gasteiger partial charge in [0, 0.05) is 18.8 Å². The third-order valence-corrected chi connectivity index (χ3v) is 3.16. The molecule has 0 spiro atoms. The molecule has 1 unspecified atom stereocenters. The molecule has 98 valence electrons. The van der Waals surface area contributed by atoms with Gasteiger partial charge in [0.05, 0.1) is 6.61 Å². The average Bonchev–Trinajstić information content (AvgIpc) is 2.81. The van der Waals surface area contributed by atoms with E-state index in [0.717, 1.165) is 19.4 Å². The van der Waals surface area contributed by atoms with Gasteiger partial charge in [-0.3, -0.25) is 4.79 Å². The van der Waals surface area contributed by atoms with Crippen LogP contribution in [0.5, 0.6) is 0 Å². The summed E-state index contributed by atoms with van der Waals surface area (Å²) in [4.78, 5) is 10.7. The monoisotopic (exact) mass is 250 g/mol. The summed E-state index contributed by atoms with van der Waals surface area (Å²) in [5.41, 5.74) is 3.71. The first kappa shape index (κ1) is 12.9. The third-order valence-electron chi connectivity index (χ3n) is 3.16. The number of aliphatic hydroxyl groups excluding tert-OH is 1. The standard InChI is InChI=1S/C13H18N2O3/c16-8-12(13(17)18)15-5-3-9-1-2-11-10(7-9)4-6-14-11/h1-2,7,12,14-16H,3-6,8H2,(H,17,18). The summed E-state index contributed by atoms with van der Waals surface area (Å²) in [6.45, 7) is 1.15. The molecule has 1 aromatic carbocycles. The summed E-state index contributed by atoms with van der Waals surface area (Å²) in [5, 5.41) is 23.8. The molecule has 0 aromatic heterocycles. The summed E-state index contributed by atoms with van der Waals surface area (Å²) < 4.78 is 0. The first-order chi connectivity index (χ1) is 8.70. The molecule has 0 saturated carbocycles. The zero-order chi connectivity index (χ0) is 13.0. The molecule has 4 N–H and O–H groups in total. The Balaban J connectivity index is 1.85. The SMILES string of the molecule is O=C(O)C(CO)NCCc1ccc2c(c1)CCN2. The van der Waals surface area contributed by atoms with Crippen LogP contribution in [0.4, 0.5) is 5.69 Å². The van der Waals surface area contributed by atoms with Crippen LogP contribution in [-0.2, 0) is 17.6 Å². The predicted octanol–water partition coefficient (Wildman–Crippen LogP) is 0.232. The third kappa shape index (κ3) is 3.00. The molecule has 1 aromatic rings. The fourth-order valence-corrected chi connectivity index (χ4v) is 2.13. The number of nitrogens with one attached hydrogen (secondary N) is 2. The van der Waals surface area contributed by atoms with Crippen molar-refractivity contribution in [1.82, 2.24) is 5.32 Å². The summed E-state index contributed by atoms with van der Waals surface area (Å²) in [7, 11) is 0. The maximum atomic E-state index is 10.7. The van der Waals surface area contributed by atoms with Gasteiger partial charge in [-0.2, -0.15) is 0 Å². The first-order valence-corrected chi connectivity index (χ1v) is 6.13. The number of carboxylic acid groups (broad SMARTS) is 1. The van der Waals surface area contributed by atoms with Gasteiger partial charge < -0.3 is 20.8 Å². The summed E-state index contributed by atoms with van der Waals surface area (Å²) in [5.74, 6) is -1.02. The Morgan fingerprint density at radius 3 is 3.06 bits per heavy atom. The molecule has 0 saturated heterocycles. The highest BCUT2D eigenvalue weighted by Gasteiger charge is 2.15. The van der Waals surface area contributed by atoms with Crippen LogP contribution < -0.4 is 10.6 Å². The van der Waals surface area contributed by atoms with Gasteiger partial charge in [-0.1, -0.05) is 12.1 Å². The highest BCUT2D eigenvalue weighted by atomic mass is 16.4. The second kappa shape index (κ2) is 5.84. The van der Waals surface area contributed by atoms with Gasteiger partial charge in [0.1, 0.15) is 6.04 Å².